The van der Waals surface area contributed by atoms with Gasteiger partial charge in [-0.1, -0.05) is 72.3 Å². The van der Waals surface area contributed by atoms with Crippen LogP contribution in [0.15, 0.2) is 89.8 Å². The number of benzene rings is 3. The first-order chi connectivity index (χ1) is 16.2. The van der Waals surface area contributed by atoms with E-state index in [-0.39, 0.29) is 17.6 Å². The van der Waals surface area contributed by atoms with E-state index in [1.165, 1.54) is 11.8 Å². The van der Waals surface area contributed by atoms with E-state index in [2.05, 4.69) is 5.32 Å². The van der Waals surface area contributed by atoms with E-state index in [1.54, 1.807) is 4.90 Å². The van der Waals surface area contributed by atoms with Crippen LogP contribution in [0.5, 0.6) is 0 Å². The van der Waals surface area contributed by atoms with Crippen LogP contribution in [0.4, 0.5) is 0 Å². The van der Waals surface area contributed by atoms with Crippen molar-refractivity contribution in [2.75, 3.05) is 5.75 Å². The maximum atomic E-state index is 13.6. The van der Waals surface area contributed by atoms with Crippen molar-refractivity contribution in [2.24, 2.45) is 0 Å². The molecule has 0 unspecified atom stereocenters. The molecule has 3 aromatic carbocycles. The van der Waals surface area contributed by atoms with Crippen LogP contribution in [-0.4, -0.2) is 34.0 Å². The van der Waals surface area contributed by atoms with Crippen molar-refractivity contribution in [3.05, 3.63) is 101 Å². The molecule has 4 nitrogen and oxygen atoms in total. The Labute approximate surface area is 211 Å². The van der Waals surface area contributed by atoms with E-state index in [4.69, 9.17) is 11.6 Å². The predicted molar refractivity (Wildman–Crippen MR) is 141 cm³/mol. The first-order valence-corrected chi connectivity index (χ1v) is 12.7. The van der Waals surface area contributed by atoms with Gasteiger partial charge in [-0.25, -0.2) is 0 Å². The molecule has 0 aliphatic rings. The molecular weight excluding hydrogens is 464 g/mol. The van der Waals surface area contributed by atoms with Gasteiger partial charge in [-0.2, -0.15) is 0 Å². The number of amides is 2. The molecule has 0 aliphatic heterocycles. The molecule has 1 atom stereocenters. The number of hydrogen-bond acceptors (Lipinski definition) is 3. The maximum absolute atomic E-state index is 13.6. The van der Waals surface area contributed by atoms with Crippen LogP contribution < -0.4 is 5.32 Å². The second kappa shape index (κ2) is 12.1. The van der Waals surface area contributed by atoms with Crippen molar-refractivity contribution in [1.29, 1.82) is 0 Å². The number of nitrogens with zero attached hydrogens (tertiary/aromatic N) is 1. The Morgan fingerprint density at radius 2 is 1.44 bits per heavy atom. The minimum Gasteiger partial charge on any atom is -0.350 e. The molecule has 0 heterocycles. The molecule has 2 amide bonds. The third-order valence-corrected chi connectivity index (χ3v) is 6.39. The van der Waals surface area contributed by atoms with Crippen LogP contribution in [0.25, 0.3) is 0 Å². The lowest BCUT2D eigenvalue weighted by Gasteiger charge is -2.34. The summed E-state index contributed by atoms with van der Waals surface area (Å²) in [6.07, 6.45) is 0.437. The van der Waals surface area contributed by atoms with Crippen molar-refractivity contribution in [2.45, 2.75) is 50.2 Å². The summed E-state index contributed by atoms with van der Waals surface area (Å²) in [5.74, 6) is -0.0198. The Balaban J connectivity index is 1.89. The SMILES string of the molecule is CC(C)(C)NC(=O)[C@H](Cc1ccccc1)N(Cc1ccccc1)C(=O)CSc1ccc(Cl)cc1. The van der Waals surface area contributed by atoms with Gasteiger partial charge in [-0.3, -0.25) is 9.59 Å². The molecule has 0 spiro atoms. The average Bonchev–Trinajstić information content (AvgIpc) is 2.81. The first kappa shape index (κ1) is 25.9. The molecule has 0 saturated carbocycles. The molecule has 0 aromatic heterocycles. The van der Waals surface area contributed by atoms with E-state index in [1.807, 2.05) is 106 Å². The second-order valence-corrected chi connectivity index (χ2v) is 10.7. The highest BCUT2D eigenvalue weighted by atomic mass is 35.5. The molecule has 1 N–H and O–H groups in total. The van der Waals surface area contributed by atoms with E-state index >= 15 is 0 Å². The highest BCUT2D eigenvalue weighted by Gasteiger charge is 2.32. The predicted octanol–water partition coefficient (Wildman–Crippen LogP) is 5.99. The van der Waals surface area contributed by atoms with Gasteiger partial charge in [0.25, 0.3) is 0 Å². The van der Waals surface area contributed by atoms with Gasteiger partial charge >= 0.3 is 0 Å². The number of carbonyl (C=O) groups is 2. The van der Waals surface area contributed by atoms with Crippen LogP contribution >= 0.6 is 23.4 Å². The Bertz CT molecular complexity index is 1070. The smallest absolute Gasteiger partial charge is 0.243 e. The molecular formula is C28H31ClN2O2S. The fourth-order valence-corrected chi connectivity index (χ4v) is 4.46. The lowest BCUT2D eigenvalue weighted by Crippen LogP contribution is -2.54. The van der Waals surface area contributed by atoms with Crippen LogP contribution in [-0.2, 0) is 22.6 Å². The zero-order valence-electron chi connectivity index (χ0n) is 19.8. The van der Waals surface area contributed by atoms with Crippen molar-refractivity contribution in [1.82, 2.24) is 10.2 Å². The van der Waals surface area contributed by atoms with Crippen molar-refractivity contribution < 1.29 is 9.59 Å². The fraction of sp³-hybridized carbons (Fsp3) is 0.286. The summed E-state index contributed by atoms with van der Waals surface area (Å²) in [5.41, 5.74) is 1.58. The number of thioether (sulfide) groups is 1. The zero-order valence-corrected chi connectivity index (χ0v) is 21.4. The third-order valence-electron chi connectivity index (χ3n) is 5.14. The van der Waals surface area contributed by atoms with Gasteiger partial charge in [0.2, 0.25) is 11.8 Å². The number of rotatable bonds is 9. The number of halogens is 1. The summed E-state index contributed by atoms with van der Waals surface area (Å²) in [6.45, 7) is 6.20. The van der Waals surface area contributed by atoms with Gasteiger partial charge in [0.15, 0.2) is 0 Å². The van der Waals surface area contributed by atoms with Gasteiger partial charge in [0.05, 0.1) is 5.75 Å². The number of nitrogens with one attached hydrogen (secondary N) is 1. The van der Waals surface area contributed by atoms with Crippen molar-refractivity contribution in [3.63, 3.8) is 0 Å². The fourth-order valence-electron chi connectivity index (χ4n) is 3.55. The monoisotopic (exact) mass is 494 g/mol. The normalized spacial score (nSPS) is 12.1. The molecule has 6 heteroatoms. The van der Waals surface area contributed by atoms with Crippen LogP contribution in [0.1, 0.15) is 31.9 Å². The van der Waals surface area contributed by atoms with Crippen LogP contribution in [0.3, 0.4) is 0 Å². The van der Waals surface area contributed by atoms with Gasteiger partial charge in [0, 0.05) is 28.4 Å². The Kier molecular flexibility index (Phi) is 9.20. The van der Waals surface area contributed by atoms with Crippen molar-refractivity contribution in [3.8, 4) is 0 Å². The zero-order chi connectivity index (χ0) is 24.6. The molecule has 34 heavy (non-hydrogen) atoms. The van der Waals surface area contributed by atoms with Crippen LogP contribution in [0, 0.1) is 0 Å². The van der Waals surface area contributed by atoms with Crippen molar-refractivity contribution >= 4 is 35.2 Å². The molecule has 0 fully saturated rings. The Hall–Kier alpha value is -2.76. The summed E-state index contributed by atoms with van der Waals surface area (Å²) in [4.78, 5) is 29.7. The summed E-state index contributed by atoms with van der Waals surface area (Å²) in [6, 6.07) is 26.4. The molecule has 3 aromatic rings. The van der Waals surface area contributed by atoms with E-state index < -0.39 is 11.6 Å². The number of carbonyl (C=O) groups excluding carboxylic acids is 2. The Morgan fingerprint density at radius 3 is 2.00 bits per heavy atom. The molecule has 0 bridgehead atoms. The maximum Gasteiger partial charge on any atom is 0.243 e. The molecule has 0 radical (unpaired) electrons. The van der Waals surface area contributed by atoms with E-state index in [9.17, 15) is 9.59 Å². The summed E-state index contributed by atoms with van der Waals surface area (Å²) >= 11 is 7.44. The summed E-state index contributed by atoms with van der Waals surface area (Å²) in [7, 11) is 0. The largest absolute Gasteiger partial charge is 0.350 e. The standard InChI is InChI=1S/C28H31ClN2O2S/c1-28(2,3)30-27(33)25(18-21-10-6-4-7-11-21)31(19-22-12-8-5-9-13-22)26(32)20-34-24-16-14-23(29)15-17-24/h4-17,25H,18-20H2,1-3H3,(H,30,33)/t25-/m0/s1. The highest BCUT2D eigenvalue weighted by molar-refractivity contribution is 8.00. The average molecular weight is 495 g/mol. The topological polar surface area (TPSA) is 49.4 Å². The third kappa shape index (κ3) is 8.23. The minimum absolute atomic E-state index is 0.0891. The second-order valence-electron chi connectivity index (χ2n) is 9.19. The van der Waals surface area contributed by atoms with E-state index in [0.717, 1.165) is 16.0 Å². The lowest BCUT2D eigenvalue weighted by molar-refractivity contribution is -0.140. The van der Waals surface area contributed by atoms with Gasteiger partial charge < -0.3 is 10.2 Å². The summed E-state index contributed by atoms with van der Waals surface area (Å²) < 4.78 is 0. The molecule has 178 valence electrons. The quantitative estimate of drug-likeness (QED) is 0.372. The van der Waals surface area contributed by atoms with Gasteiger partial charge in [-0.15, -0.1) is 11.8 Å². The van der Waals surface area contributed by atoms with Gasteiger partial charge in [0.1, 0.15) is 6.04 Å². The van der Waals surface area contributed by atoms with E-state index in [0.29, 0.717) is 18.0 Å². The minimum atomic E-state index is -0.639. The Morgan fingerprint density at radius 1 is 0.882 bits per heavy atom. The molecule has 0 aliphatic carbocycles. The van der Waals surface area contributed by atoms with Gasteiger partial charge in [-0.05, 0) is 56.2 Å². The summed E-state index contributed by atoms with van der Waals surface area (Å²) in [5, 5.41) is 3.74. The highest BCUT2D eigenvalue weighted by Crippen LogP contribution is 2.23. The molecule has 0 saturated heterocycles. The molecule has 3 rings (SSSR count). The van der Waals surface area contributed by atoms with Crippen LogP contribution in [0.2, 0.25) is 5.02 Å². The lowest BCUT2D eigenvalue weighted by atomic mass is 10.0. The number of hydrogen-bond donors (Lipinski definition) is 1. The first-order valence-electron chi connectivity index (χ1n) is 11.3.